The van der Waals surface area contributed by atoms with Crippen LogP contribution in [0.15, 0.2) is 23.1 Å². The second-order valence-electron chi connectivity index (χ2n) is 10.5. The van der Waals surface area contributed by atoms with Crippen molar-refractivity contribution in [1.82, 2.24) is 19.8 Å². The zero-order valence-corrected chi connectivity index (χ0v) is 22.5. The Labute approximate surface area is 214 Å². The molecule has 0 saturated carbocycles. The first kappa shape index (κ1) is 26.4. The first-order valence-electron chi connectivity index (χ1n) is 12.2. The predicted molar refractivity (Wildman–Crippen MR) is 141 cm³/mol. The van der Waals surface area contributed by atoms with Crippen LogP contribution in [0.1, 0.15) is 62.1 Å². The largest absolute Gasteiger partial charge is 0.490 e. The van der Waals surface area contributed by atoms with Crippen molar-refractivity contribution in [2.75, 3.05) is 20.2 Å². The van der Waals surface area contributed by atoms with Gasteiger partial charge in [-0.05, 0) is 66.3 Å². The number of nitrogens with one attached hydrogen (secondary N) is 2. The van der Waals surface area contributed by atoms with E-state index in [0.29, 0.717) is 38.6 Å². The lowest BCUT2D eigenvalue weighted by molar-refractivity contribution is -0.00262. The van der Waals surface area contributed by atoms with E-state index in [1.54, 1.807) is 25.4 Å². The zero-order valence-electron chi connectivity index (χ0n) is 21.6. The van der Waals surface area contributed by atoms with Gasteiger partial charge in [-0.2, -0.15) is 0 Å². The van der Waals surface area contributed by atoms with Gasteiger partial charge in [0.1, 0.15) is 23.6 Å². The van der Waals surface area contributed by atoms with Gasteiger partial charge in [-0.3, -0.25) is 9.59 Å². The van der Waals surface area contributed by atoms with Crippen molar-refractivity contribution in [1.29, 1.82) is 0 Å². The summed E-state index contributed by atoms with van der Waals surface area (Å²) in [7, 11) is 3.70. The van der Waals surface area contributed by atoms with Gasteiger partial charge in [-0.25, -0.2) is 4.39 Å². The second-order valence-corrected chi connectivity index (χ2v) is 11.6. The molecule has 3 aromatic rings. The lowest BCUT2D eigenvalue weighted by Gasteiger charge is -2.21. The van der Waals surface area contributed by atoms with Crippen LogP contribution in [0.4, 0.5) is 4.39 Å². The van der Waals surface area contributed by atoms with Crippen molar-refractivity contribution in [3.8, 4) is 16.2 Å². The minimum atomic E-state index is -1.62. The van der Waals surface area contributed by atoms with E-state index in [2.05, 4.69) is 22.2 Å². The first-order valence-corrected chi connectivity index (χ1v) is 13.0. The van der Waals surface area contributed by atoms with E-state index in [-0.39, 0.29) is 29.2 Å². The number of hydrogen-bond donors (Lipinski definition) is 3. The fourth-order valence-corrected chi connectivity index (χ4v) is 5.80. The predicted octanol–water partition coefficient (Wildman–Crippen LogP) is 3.99. The van der Waals surface area contributed by atoms with Crippen molar-refractivity contribution < 1.29 is 19.0 Å². The number of pyridine rings is 1. The van der Waals surface area contributed by atoms with Crippen LogP contribution in [-0.4, -0.2) is 63.3 Å². The minimum absolute atomic E-state index is 0.0666. The maximum Gasteiger partial charge on any atom is 0.274 e. The third-order valence-corrected chi connectivity index (χ3v) is 7.75. The van der Waals surface area contributed by atoms with Gasteiger partial charge in [0.2, 0.25) is 0 Å². The molecule has 1 saturated heterocycles. The Morgan fingerprint density at radius 1 is 1.36 bits per heavy atom. The number of alkyl halides is 1. The molecule has 36 heavy (non-hydrogen) atoms. The van der Waals surface area contributed by atoms with Gasteiger partial charge in [-0.15, -0.1) is 11.3 Å². The van der Waals surface area contributed by atoms with Gasteiger partial charge in [0, 0.05) is 41.2 Å². The lowest BCUT2D eigenvalue weighted by atomic mass is 10.0. The van der Waals surface area contributed by atoms with Crippen molar-refractivity contribution in [2.24, 2.45) is 7.05 Å². The number of aromatic amines is 1. The quantitative estimate of drug-likeness (QED) is 0.419. The van der Waals surface area contributed by atoms with Crippen LogP contribution in [0.25, 0.3) is 21.3 Å². The summed E-state index contributed by atoms with van der Waals surface area (Å²) < 4.78 is 22.9. The van der Waals surface area contributed by atoms with E-state index in [1.807, 2.05) is 13.8 Å². The average Bonchev–Trinajstić information content (AvgIpc) is 3.51. The summed E-state index contributed by atoms with van der Waals surface area (Å²) >= 11 is 1.19. The van der Waals surface area contributed by atoms with E-state index in [4.69, 9.17) is 4.74 Å². The minimum Gasteiger partial charge on any atom is -0.490 e. The molecule has 1 aliphatic rings. The van der Waals surface area contributed by atoms with Crippen LogP contribution in [0.5, 0.6) is 5.75 Å². The number of hydrogen-bond acceptors (Lipinski definition) is 6. The number of carbonyl (C=O) groups excluding carboxylic acids is 1. The Balaban J connectivity index is 1.83. The summed E-state index contributed by atoms with van der Waals surface area (Å²) in [6, 6.07) is 3.49. The number of ether oxygens (including phenoxy) is 1. The highest BCUT2D eigenvalue weighted by Gasteiger charge is 2.32. The number of nitrogens with zero attached hydrogens (tertiary/aromatic N) is 2. The Hall–Kier alpha value is -2.69. The molecule has 4 heterocycles. The molecule has 1 amide bonds. The molecule has 196 valence electrons. The van der Waals surface area contributed by atoms with Crippen molar-refractivity contribution in [2.45, 2.75) is 64.4 Å². The SMILES string of the molecule is CC(C)NC(=O)c1cc2c(-c3sc(C(F)C(C)(C)O)cc3OCC3CCCN3C)cn(C)c(=O)c2[nH]1. The van der Waals surface area contributed by atoms with Crippen LogP contribution >= 0.6 is 11.3 Å². The van der Waals surface area contributed by atoms with E-state index >= 15 is 4.39 Å². The number of thiophene rings is 1. The Morgan fingerprint density at radius 2 is 2.08 bits per heavy atom. The second kappa shape index (κ2) is 9.99. The van der Waals surface area contributed by atoms with E-state index in [9.17, 15) is 14.7 Å². The Morgan fingerprint density at radius 3 is 2.69 bits per heavy atom. The third-order valence-electron chi connectivity index (χ3n) is 6.56. The molecular weight excluding hydrogens is 483 g/mol. The molecule has 3 aromatic heterocycles. The van der Waals surface area contributed by atoms with Crippen molar-refractivity contribution in [3.63, 3.8) is 0 Å². The summed E-state index contributed by atoms with van der Waals surface area (Å²) in [5, 5.41) is 13.7. The van der Waals surface area contributed by atoms with Gasteiger partial charge >= 0.3 is 0 Å². The van der Waals surface area contributed by atoms with Crippen LogP contribution in [0, 0.1) is 0 Å². The number of likely N-dealkylation sites (N-methyl/N-ethyl adjacent to an activating group) is 1. The molecule has 0 bridgehead atoms. The van der Waals surface area contributed by atoms with E-state index in [1.165, 1.54) is 29.8 Å². The van der Waals surface area contributed by atoms with Crippen LogP contribution in [-0.2, 0) is 7.05 Å². The fourth-order valence-electron chi connectivity index (χ4n) is 4.51. The third kappa shape index (κ3) is 5.21. The highest BCUT2D eigenvalue weighted by Crippen LogP contribution is 2.46. The number of fused-ring (bicyclic) bond motifs is 1. The van der Waals surface area contributed by atoms with Gasteiger partial charge < -0.3 is 29.6 Å². The molecule has 8 nitrogen and oxygen atoms in total. The molecule has 3 N–H and O–H groups in total. The Kier molecular flexibility index (Phi) is 7.32. The number of aliphatic hydroxyl groups is 1. The number of amides is 1. The molecular formula is C26H35FN4O4S. The zero-order chi connectivity index (χ0) is 26.4. The molecule has 0 aliphatic carbocycles. The van der Waals surface area contributed by atoms with E-state index < -0.39 is 11.8 Å². The molecule has 4 rings (SSSR count). The van der Waals surface area contributed by atoms with Gasteiger partial charge in [-0.1, -0.05) is 0 Å². The van der Waals surface area contributed by atoms with Gasteiger partial charge in [0.25, 0.3) is 11.5 Å². The topological polar surface area (TPSA) is 99.6 Å². The summed E-state index contributed by atoms with van der Waals surface area (Å²) in [4.78, 5) is 31.8. The maximum absolute atomic E-state index is 15.2. The summed E-state index contributed by atoms with van der Waals surface area (Å²) in [5.41, 5.74) is -0.625. The van der Waals surface area contributed by atoms with E-state index in [0.717, 1.165) is 19.4 Å². The summed E-state index contributed by atoms with van der Waals surface area (Å²) in [6.45, 7) is 8.04. The standard InChI is InChI=1S/C26H35FN4O4S/c1-14(2)28-24(32)18-10-16-17(12-31(6)25(33)21(16)29-18)22-19(35-13-15-8-7-9-30(15)5)11-20(36-22)23(27)26(3,4)34/h10-12,14-15,23,29,34H,7-9,13H2,1-6H3,(H,28,32). The van der Waals surface area contributed by atoms with Crippen LogP contribution < -0.4 is 15.6 Å². The van der Waals surface area contributed by atoms with Crippen LogP contribution in [0.3, 0.4) is 0 Å². The Bertz CT molecular complexity index is 1320. The first-order chi connectivity index (χ1) is 16.9. The number of aryl methyl sites for hydroxylation is 1. The highest BCUT2D eigenvalue weighted by atomic mass is 32.1. The molecule has 0 aromatic carbocycles. The number of likely N-dealkylation sites (tertiary alicyclic amines) is 1. The number of aromatic nitrogens is 2. The molecule has 2 unspecified atom stereocenters. The normalized spacial score (nSPS) is 17.8. The maximum atomic E-state index is 15.2. The lowest BCUT2D eigenvalue weighted by Crippen LogP contribution is -2.30. The molecule has 0 radical (unpaired) electrons. The highest BCUT2D eigenvalue weighted by molar-refractivity contribution is 7.16. The molecule has 10 heteroatoms. The van der Waals surface area contributed by atoms with Crippen molar-refractivity contribution >= 4 is 28.1 Å². The molecule has 0 spiro atoms. The fraction of sp³-hybridized carbons (Fsp3) is 0.538. The molecule has 1 aliphatic heterocycles. The number of carbonyl (C=O) groups is 1. The smallest absolute Gasteiger partial charge is 0.274 e. The monoisotopic (exact) mass is 518 g/mol. The number of rotatable bonds is 8. The van der Waals surface area contributed by atoms with Crippen molar-refractivity contribution in [3.05, 3.63) is 39.3 Å². The summed E-state index contributed by atoms with van der Waals surface area (Å²) in [6.07, 6.45) is 2.19. The number of H-pyrrole nitrogens is 1. The summed E-state index contributed by atoms with van der Waals surface area (Å²) in [5.74, 6) is 0.184. The average molecular weight is 519 g/mol. The number of halogens is 1. The van der Waals surface area contributed by atoms with Gasteiger partial charge in [0.05, 0.1) is 10.5 Å². The van der Waals surface area contributed by atoms with Gasteiger partial charge in [0.15, 0.2) is 6.17 Å². The van der Waals surface area contributed by atoms with Crippen LogP contribution in [0.2, 0.25) is 0 Å². The molecule has 2 atom stereocenters. The molecule has 1 fully saturated rings.